The van der Waals surface area contributed by atoms with Gasteiger partial charge in [-0.15, -0.1) is 0 Å². The standard InChI is InChI=1S/C13H15NO4/c1-4-13(2,3)11(15)17-9-7-5-6-8-10(9)18-12(16)14-8/h5-7H,4H2,1-3H3,(H,14,16). The molecule has 1 N–H and O–H groups in total. The zero-order chi connectivity index (χ0) is 13.3. The van der Waals surface area contributed by atoms with Crippen LogP contribution < -0.4 is 10.5 Å². The number of carbonyl (C=O) groups is 1. The van der Waals surface area contributed by atoms with E-state index in [0.29, 0.717) is 11.9 Å². The van der Waals surface area contributed by atoms with Gasteiger partial charge in [0.1, 0.15) is 0 Å². The molecular weight excluding hydrogens is 234 g/mol. The van der Waals surface area contributed by atoms with Crippen LogP contribution in [0.3, 0.4) is 0 Å². The molecule has 0 atom stereocenters. The van der Waals surface area contributed by atoms with Crippen LogP contribution in [0.25, 0.3) is 11.1 Å². The Bertz CT molecular complexity index is 636. The number of para-hydroxylation sites is 1. The number of hydrogen-bond donors (Lipinski definition) is 1. The second kappa shape index (κ2) is 4.33. The minimum absolute atomic E-state index is 0.261. The Kier molecular flexibility index (Phi) is 2.98. The number of rotatable bonds is 3. The Morgan fingerprint density at radius 1 is 1.44 bits per heavy atom. The van der Waals surface area contributed by atoms with Gasteiger partial charge in [0, 0.05) is 0 Å². The van der Waals surface area contributed by atoms with Gasteiger partial charge in [-0.3, -0.25) is 9.78 Å². The molecule has 96 valence electrons. The quantitative estimate of drug-likeness (QED) is 0.670. The highest BCUT2D eigenvalue weighted by atomic mass is 16.5. The summed E-state index contributed by atoms with van der Waals surface area (Å²) < 4.78 is 10.3. The molecule has 5 nitrogen and oxygen atoms in total. The minimum Gasteiger partial charge on any atom is -0.422 e. The molecular formula is C13H15NO4. The van der Waals surface area contributed by atoms with Gasteiger partial charge < -0.3 is 9.15 Å². The van der Waals surface area contributed by atoms with Gasteiger partial charge in [-0.05, 0) is 32.4 Å². The Morgan fingerprint density at radius 3 is 2.83 bits per heavy atom. The van der Waals surface area contributed by atoms with E-state index in [1.165, 1.54) is 0 Å². The Balaban J connectivity index is 2.38. The fraction of sp³-hybridized carbons (Fsp3) is 0.385. The van der Waals surface area contributed by atoms with Crippen molar-refractivity contribution in [3.8, 4) is 5.75 Å². The molecule has 0 saturated carbocycles. The van der Waals surface area contributed by atoms with Crippen molar-refractivity contribution in [2.24, 2.45) is 5.41 Å². The van der Waals surface area contributed by atoms with E-state index < -0.39 is 11.2 Å². The number of oxazole rings is 1. The number of carbonyl (C=O) groups excluding carboxylic acids is 1. The molecule has 2 rings (SSSR count). The van der Waals surface area contributed by atoms with Crippen LogP contribution in [0.1, 0.15) is 27.2 Å². The molecule has 18 heavy (non-hydrogen) atoms. The van der Waals surface area contributed by atoms with Gasteiger partial charge in [0.2, 0.25) is 0 Å². The number of aromatic amines is 1. The molecule has 0 radical (unpaired) electrons. The topological polar surface area (TPSA) is 72.3 Å². The Labute approximate surface area is 104 Å². The van der Waals surface area contributed by atoms with Crippen LogP contribution in [0.2, 0.25) is 0 Å². The van der Waals surface area contributed by atoms with Crippen LogP contribution >= 0.6 is 0 Å². The van der Waals surface area contributed by atoms with Crippen molar-refractivity contribution in [1.29, 1.82) is 0 Å². The maximum Gasteiger partial charge on any atom is 0.417 e. The number of benzene rings is 1. The van der Waals surface area contributed by atoms with Gasteiger partial charge in [-0.25, -0.2) is 4.79 Å². The van der Waals surface area contributed by atoms with E-state index in [2.05, 4.69) is 4.98 Å². The van der Waals surface area contributed by atoms with Crippen molar-refractivity contribution >= 4 is 17.1 Å². The van der Waals surface area contributed by atoms with Crippen LogP contribution in [0.5, 0.6) is 5.75 Å². The first-order valence-corrected chi connectivity index (χ1v) is 5.78. The zero-order valence-corrected chi connectivity index (χ0v) is 10.6. The van der Waals surface area contributed by atoms with Crippen LogP contribution in [0, 0.1) is 5.41 Å². The molecule has 0 aliphatic heterocycles. The predicted molar refractivity (Wildman–Crippen MR) is 66.5 cm³/mol. The molecule has 0 amide bonds. The average Bonchev–Trinajstić information content (AvgIpc) is 2.70. The number of hydrogen-bond acceptors (Lipinski definition) is 4. The van der Waals surface area contributed by atoms with E-state index in [-0.39, 0.29) is 17.3 Å². The normalized spacial score (nSPS) is 11.7. The lowest BCUT2D eigenvalue weighted by molar-refractivity contribution is -0.144. The summed E-state index contributed by atoms with van der Waals surface area (Å²) in [6.07, 6.45) is 0.666. The molecule has 2 aromatic rings. The average molecular weight is 249 g/mol. The molecule has 0 unspecified atom stereocenters. The summed E-state index contributed by atoms with van der Waals surface area (Å²) in [5.74, 6) is -0.651. The van der Waals surface area contributed by atoms with Crippen molar-refractivity contribution in [2.45, 2.75) is 27.2 Å². The molecule has 0 fully saturated rings. The second-order valence-corrected chi connectivity index (χ2v) is 4.77. The summed E-state index contributed by atoms with van der Waals surface area (Å²) in [6, 6.07) is 4.97. The fourth-order valence-corrected chi connectivity index (χ4v) is 1.41. The van der Waals surface area contributed by atoms with Crippen LogP contribution in [0.4, 0.5) is 0 Å². The van der Waals surface area contributed by atoms with Crippen molar-refractivity contribution in [1.82, 2.24) is 4.98 Å². The van der Waals surface area contributed by atoms with Gasteiger partial charge in [-0.2, -0.15) is 0 Å². The molecule has 1 heterocycles. The summed E-state index contributed by atoms with van der Waals surface area (Å²) in [4.78, 5) is 25.6. The lowest BCUT2D eigenvalue weighted by atomic mass is 9.91. The molecule has 0 aliphatic carbocycles. The second-order valence-electron chi connectivity index (χ2n) is 4.77. The van der Waals surface area contributed by atoms with E-state index >= 15 is 0 Å². The highest BCUT2D eigenvalue weighted by Gasteiger charge is 2.28. The van der Waals surface area contributed by atoms with E-state index in [0.717, 1.165) is 0 Å². The third-order valence-electron chi connectivity index (χ3n) is 3.05. The maximum atomic E-state index is 12.0. The minimum atomic E-state index is -0.571. The largest absolute Gasteiger partial charge is 0.422 e. The van der Waals surface area contributed by atoms with Gasteiger partial charge >= 0.3 is 11.7 Å². The summed E-state index contributed by atoms with van der Waals surface area (Å²) in [7, 11) is 0. The van der Waals surface area contributed by atoms with Gasteiger partial charge in [0.25, 0.3) is 0 Å². The molecule has 1 aromatic carbocycles. The van der Waals surface area contributed by atoms with E-state index in [9.17, 15) is 9.59 Å². The number of ether oxygens (including phenoxy) is 1. The van der Waals surface area contributed by atoms with E-state index in [4.69, 9.17) is 9.15 Å². The Morgan fingerprint density at radius 2 is 2.17 bits per heavy atom. The first-order valence-electron chi connectivity index (χ1n) is 5.78. The van der Waals surface area contributed by atoms with Crippen LogP contribution in [-0.2, 0) is 4.79 Å². The van der Waals surface area contributed by atoms with Crippen LogP contribution in [0.15, 0.2) is 27.4 Å². The van der Waals surface area contributed by atoms with Gasteiger partial charge in [0.05, 0.1) is 10.9 Å². The molecule has 0 bridgehead atoms. The van der Waals surface area contributed by atoms with Crippen molar-refractivity contribution in [3.63, 3.8) is 0 Å². The lowest BCUT2D eigenvalue weighted by Gasteiger charge is -2.19. The monoisotopic (exact) mass is 249 g/mol. The van der Waals surface area contributed by atoms with Gasteiger partial charge in [-0.1, -0.05) is 13.0 Å². The van der Waals surface area contributed by atoms with Crippen molar-refractivity contribution < 1.29 is 13.9 Å². The maximum absolute atomic E-state index is 12.0. The first kappa shape index (κ1) is 12.4. The lowest BCUT2D eigenvalue weighted by Crippen LogP contribution is -2.28. The first-order chi connectivity index (χ1) is 8.44. The zero-order valence-electron chi connectivity index (χ0n) is 10.6. The highest BCUT2D eigenvalue weighted by molar-refractivity contribution is 5.85. The summed E-state index contributed by atoms with van der Waals surface area (Å²) in [5, 5.41) is 0. The molecule has 1 aromatic heterocycles. The number of fused-ring (bicyclic) bond motifs is 1. The smallest absolute Gasteiger partial charge is 0.417 e. The van der Waals surface area contributed by atoms with Crippen molar-refractivity contribution in [2.75, 3.05) is 0 Å². The van der Waals surface area contributed by atoms with Crippen LogP contribution in [-0.4, -0.2) is 11.0 Å². The Hall–Kier alpha value is -2.04. The number of aromatic nitrogens is 1. The predicted octanol–water partition coefficient (Wildman–Crippen LogP) is 2.46. The molecule has 0 spiro atoms. The summed E-state index contributed by atoms with van der Waals surface area (Å²) in [6.45, 7) is 5.53. The SMILES string of the molecule is CCC(C)(C)C(=O)Oc1cccc2[nH]c(=O)oc12. The fourth-order valence-electron chi connectivity index (χ4n) is 1.41. The third kappa shape index (κ3) is 2.16. The van der Waals surface area contributed by atoms with E-state index in [1.54, 1.807) is 18.2 Å². The highest BCUT2D eigenvalue weighted by Crippen LogP contribution is 2.27. The summed E-state index contributed by atoms with van der Waals surface area (Å²) >= 11 is 0. The number of esters is 1. The summed E-state index contributed by atoms with van der Waals surface area (Å²) in [5.41, 5.74) is 0.209. The number of H-pyrrole nitrogens is 1. The van der Waals surface area contributed by atoms with Crippen molar-refractivity contribution in [3.05, 3.63) is 28.7 Å². The number of nitrogens with one attached hydrogen (secondary N) is 1. The third-order valence-corrected chi connectivity index (χ3v) is 3.05. The van der Waals surface area contributed by atoms with Gasteiger partial charge in [0.15, 0.2) is 11.3 Å². The van der Waals surface area contributed by atoms with E-state index in [1.807, 2.05) is 20.8 Å². The molecule has 0 saturated heterocycles. The molecule has 0 aliphatic rings. The molecule has 5 heteroatoms.